The number of rotatable bonds is 11. The molecule has 11 heteroatoms. The minimum atomic E-state index is -0.938. The van der Waals surface area contributed by atoms with Crippen LogP contribution in [0, 0.1) is 0 Å². The number of carbonyl (C=O) groups excluding carboxylic acids is 2. The van der Waals surface area contributed by atoms with Crippen molar-refractivity contribution in [3.8, 4) is 17.2 Å². The van der Waals surface area contributed by atoms with Gasteiger partial charge in [-0.2, -0.15) is 5.10 Å². The SMILES string of the molecule is COc1cc(/C=N\NC(=O)[C@H](Cc2ccccc2)NC(=O)[C@@H](C)Oc2ccc(Cl)cc2Cl)cc(Br)c1OC. The molecule has 0 aliphatic heterocycles. The Morgan fingerprint density at radius 1 is 1.00 bits per heavy atom. The predicted octanol–water partition coefficient (Wildman–Crippen LogP) is 5.42. The summed E-state index contributed by atoms with van der Waals surface area (Å²) < 4.78 is 17.0. The van der Waals surface area contributed by atoms with E-state index in [9.17, 15) is 9.59 Å². The lowest BCUT2D eigenvalue weighted by molar-refractivity contribution is -0.132. The van der Waals surface area contributed by atoms with Crippen LogP contribution in [0.2, 0.25) is 10.0 Å². The van der Waals surface area contributed by atoms with Gasteiger partial charge in [-0.1, -0.05) is 53.5 Å². The minimum Gasteiger partial charge on any atom is -0.493 e. The highest BCUT2D eigenvalue weighted by Crippen LogP contribution is 2.35. The van der Waals surface area contributed by atoms with Gasteiger partial charge in [0, 0.05) is 11.4 Å². The van der Waals surface area contributed by atoms with Crippen molar-refractivity contribution in [3.05, 3.63) is 86.3 Å². The molecular formula is C27H26BrCl2N3O5. The fraction of sp³-hybridized carbons (Fsp3) is 0.222. The Morgan fingerprint density at radius 3 is 2.39 bits per heavy atom. The minimum absolute atomic E-state index is 0.240. The number of nitrogens with one attached hydrogen (secondary N) is 2. The fourth-order valence-corrected chi connectivity index (χ4v) is 4.50. The van der Waals surface area contributed by atoms with Gasteiger partial charge < -0.3 is 19.5 Å². The third-order valence-electron chi connectivity index (χ3n) is 5.33. The van der Waals surface area contributed by atoms with E-state index in [0.717, 1.165) is 5.56 Å². The number of nitrogens with zero attached hydrogens (tertiary/aromatic N) is 1. The van der Waals surface area contributed by atoms with Crippen molar-refractivity contribution in [2.75, 3.05) is 14.2 Å². The average molecular weight is 623 g/mol. The molecule has 0 aromatic heterocycles. The summed E-state index contributed by atoms with van der Waals surface area (Å²) in [6, 6.07) is 16.6. The van der Waals surface area contributed by atoms with Crippen LogP contribution in [0.4, 0.5) is 0 Å². The van der Waals surface area contributed by atoms with E-state index in [2.05, 4.69) is 31.8 Å². The highest BCUT2D eigenvalue weighted by Gasteiger charge is 2.25. The Bertz CT molecular complexity index is 1310. The van der Waals surface area contributed by atoms with Crippen LogP contribution in [-0.4, -0.2) is 44.4 Å². The van der Waals surface area contributed by atoms with Gasteiger partial charge in [-0.3, -0.25) is 9.59 Å². The largest absolute Gasteiger partial charge is 0.493 e. The van der Waals surface area contributed by atoms with Gasteiger partial charge in [0.05, 0.1) is 29.9 Å². The van der Waals surface area contributed by atoms with Crippen molar-refractivity contribution >= 4 is 57.2 Å². The van der Waals surface area contributed by atoms with Gasteiger partial charge in [0.15, 0.2) is 17.6 Å². The lowest BCUT2D eigenvalue weighted by Gasteiger charge is -2.21. The van der Waals surface area contributed by atoms with Crippen molar-refractivity contribution in [1.82, 2.24) is 10.7 Å². The van der Waals surface area contributed by atoms with E-state index in [-0.39, 0.29) is 11.4 Å². The van der Waals surface area contributed by atoms with E-state index in [4.69, 9.17) is 37.4 Å². The molecule has 0 unspecified atom stereocenters. The van der Waals surface area contributed by atoms with E-state index in [0.29, 0.717) is 32.3 Å². The van der Waals surface area contributed by atoms with Gasteiger partial charge in [-0.15, -0.1) is 0 Å². The molecule has 2 amide bonds. The monoisotopic (exact) mass is 621 g/mol. The molecule has 8 nitrogen and oxygen atoms in total. The number of carbonyl (C=O) groups is 2. The third-order valence-corrected chi connectivity index (χ3v) is 6.45. The Kier molecular flexibility index (Phi) is 10.8. The maximum atomic E-state index is 13.1. The van der Waals surface area contributed by atoms with E-state index in [1.165, 1.54) is 26.5 Å². The molecule has 0 saturated heterocycles. The predicted molar refractivity (Wildman–Crippen MR) is 152 cm³/mol. The number of halogens is 3. The Labute approximate surface area is 239 Å². The summed E-state index contributed by atoms with van der Waals surface area (Å²) in [6.45, 7) is 1.56. The normalized spacial score (nSPS) is 12.5. The highest BCUT2D eigenvalue weighted by atomic mass is 79.9. The number of amides is 2. The molecule has 0 radical (unpaired) electrons. The second-order valence-electron chi connectivity index (χ2n) is 8.06. The van der Waals surface area contributed by atoms with Gasteiger partial charge >= 0.3 is 0 Å². The number of hydrazone groups is 1. The van der Waals surface area contributed by atoms with Crippen LogP contribution in [0.1, 0.15) is 18.1 Å². The summed E-state index contributed by atoms with van der Waals surface area (Å²) in [4.78, 5) is 26.0. The quantitative estimate of drug-likeness (QED) is 0.220. The molecule has 38 heavy (non-hydrogen) atoms. The van der Waals surface area contributed by atoms with Crippen LogP contribution < -0.4 is 25.0 Å². The maximum absolute atomic E-state index is 13.1. The van der Waals surface area contributed by atoms with Gasteiger partial charge in [0.2, 0.25) is 0 Å². The van der Waals surface area contributed by atoms with Gasteiger partial charge in [0.1, 0.15) is 11.8 Å². The molecule has 2 N–H and O–H groups in total. The summed E-state index contributed by atoms with van der Waals surface area (Å²) >= 11 is 15.5. The van der Waals surface area contributed by atoms with Crippen molar-refractivity contribution < 1.29 is 23.8 Å². The molecule has 3 aromatic carbocycles. The summed E-state index contributed by atoms with van der Waals surface area (Å²) in [6.07, 6.45) is 0.761. The first-order chi connectivity index (χ1) is 18.2. The van der Waals surface area contributed by atoms with Crippen LogP contribution in [0.15, 0.2) is 70.2 Å². The third kappa shape index (κ3) is 8.11. The first-order valence-corrected chi connectivity index (χ1v) is 13.0. The molecule has 0 fully saturated rings. The topological polar surface area (TPSA) is 98.2 Å². The molecule has 200 valence electrons. The summed E-state index contributed by atoms with van der Waals surface area (Å²) in [5.41, 5.74) is 4.01. The van der Waals surface area contributed by atoms with Crippen LogP contribution in [0.3, 0.4) is 0 Å². The van der Waals surface area contributed by atoms with Crippen molar-refractivity contribution in [2.45, 2.75) is 25.5 Å². The lowest BCUT2D eigenvalue weighted by atomic mass is 10.1. The Balaban J connectivity index is 1.72. The average Bonchev–Trinajstić information content (AvgIpc) is 2.89. The number of benzene rings is 3. The molecular weight excluding hydrogens is 597 g/mol. The molecule has 2 atom stereocenters. The number of hydrogen-bond donors (Lipinski definition) is 2. The number of ether oxygens (including phenoxy) is 3. The molecule has 0 aliphatic carbocycles. The van der Waals surface area contributed by atoms with Crippen LogP contribution >= 0.6 is 39.1 Å². The molecule has 0 heterocycles. The molecule has 0 spiro atoms. The maximum Gasteiger partial charge on any atom is 0.262 e. The molecule has 0 saturated carbocycles. The Morgan fingerprint density at radius 2 is 1.74 bits per heavy atom. The molecule has 0 bridgehead atoms. The van der Waals surface area contributed by atoms with E-state index in [1.807, 2.05) is 30.3 Å². The van der Waals surface area contributed by atoms with Gasteiger partial charge in [-0.05, 0) is 64.3 Å². The molecule has 3 rings (SSSR count). The van der Waals surface area contributed by atoms with Crippen LogP contribution in [-0.2, 0) is 16.0 Å². The number of methoxy groups -OCH3 is 2. The smallest absolute Gasteiger partial charge is 0.262 e. The summed E-state index contributed by atoms with van der Waals surface area (Å²) in [5.74, 6) is 0.331. The zero-order chi connectivity index (χ0) is 27.7. The summed E-state index contributed by atoms with van der Waals surface area (Å²) in [5, 5.41) is 7.52. The Hall–Kier alpha value is -3.27. The fourth-order valence-electron chi connectivity index (χ4n) is 3.42. The first kappa shape index (κ1) is 29.3. The van der Waals surface area contributed by atoms with Gasteiger partial charge in [-0.25, -0.2) is 5.43 Å². The van der Waals surface area contributed by atoms with Crippen molar-refractivity contribution in [1.29, 1.82) is 0 Å². The van der Waals surface area contributed by atoms with E-state index < -0.39 is 24.0 Å². The van der Waals surface area contributed by atoms with Crippen molar-refractivity contribution in [3.63, 3.8) is 0 Å². The zero-order valence-electron chi connectivity index (χ0n) is 20.8. The summed E-state index contributed by atoms with van der Waals surface area (Å²) in [7, 11) is 3.06. The first-order valence-electron chi connectivity index (χ1n) is 11.4. The van der Waals surface area contributed by atoms with Crippen LogP contribution in [0.25, 0.3) is 0 Å². The zero-order valence-corrected chi connectivity index (χ0v) is 23.9. The van der Waals surface area contributed by atoms with Crippen molar-refractivity contribution in [2.24, 2.45) is 5.10 Å². The lowest BCUT2D eigenvalue weighted by Crippen LogP contribution is -2.50. The highest BCUT2D eigenvalue weighted by molar-refractivity contribution is 9.10. The second kappa shape index (κ2) is 14.0. The van der Waals surface area contributed by atoms with Crippen LogP contribution in [0.5, 0.6) is 17.2 Å². The standard InChI is InChI=1S/C27H26BrCl2N3O5/c1-16(38-23-10-9-19(29)14-21(23)30)26(34)32-22(12-17-7-5-4-6-8-17)27(35)33-31-15-18-11-20(28)25(37-3)24(13-18)36-2/h4-11,13-16,22H,12H2,1-3H3,(H,32,34)(H,33,35)/b31-15-/t16-,22+/m1/s1. The molecule has 3 aromatic rings. The number of hydrogen-bond acceptors (Lipinski definition) is 6. The van der Waals surface area contributed by atoms with E-state index in [1.54, 1.807) is 31.2 Å². The second-order valence-corrected chi connectivity index (χ2v) is 9.76. The van der Waals surface area contributed by atoms with E-state index >= 15 is 0 Å². The molecule has 0 aliphatic rings. The van der Waals surface area contributed by atoms with Gasteiger partial charge in [0.25, 0.3) is 11.8 Å².